The third-order valence-electron chi connectivity index (χ3n) is 3.39. The van der Waals surface area contributed by atoms with Crippen LogP contribution in [0, 0.1) is 0 Å². The zero-order valence-corrected chi connectivity index (χ0v) is 12.0. The van der Waals surface area contributed by atoms with Crippen LogP contribution in [0.25, 0.3) is 0 Å². The van der Waals surface area contributed by atoms with E-state index in [9.17, 15) is 0 Å². The van der Waals surface area contributed by atoms with Gasteiger partial charge in [0.1, 0.15) is 0 Å². The highest BCUT2D eigenvalue weighted by atomic mass is 35.5. The van der Waals surface area contributed by atoms with Gasteiger partial charge in [-0.15, -0.1) is 0 Å². The van der Waals surface area contributed by atoms with E-state index in [0.717, 1.165) is 6.54 Å². The zero-order chi connectivity index (χ0) is 13.0. The molecule has 1 aromatic heterocycles. The highest BCUT2D eigenvalue weighted by Gasteiger charge is 2.31. The van der Waals surface area contributed by atoms with Crippen LogP contribution in [0.4, 0.5) is 11.9 Å². The van der Waals surface area contributed by atoms with Crippen LogP contribution < -0.4 is 11.1 Å². The van der Waals surface area contributed by atoms with Crippen molar-refractivity contribution in [3.05, 3.63) is 5.28 Å². The average molecular weight is 288 g/mol. The summed E-state index contributed by atoms with van der Waals surface area (Å²) in [4.78, 5) is 11.8. The van der Waals surface area contributed by atoms with Crippen molar-refractivity contribution in [1.82, 2.24) is 15.0 Å². The molecule has 0 aromatic carbocycles. The fourth-order valence-corrected chi connectivity index (χ4v) is 3.41. The molecule has 5 nitrogen and oxygen atoms in total. The molecule has 0 radical (unpaired) electrons. The lowest BCUT2D eigenvalue weighted by Crippen LogP contribution is -2.36. The molecule has 0 atom stereocenters. The lowest BCUT2D eigenvalue weighted by Gasteiger charge is -2.35. The van der Waals surface area contributed by atoms with Gasteiger partial charge in [-0.1, -0.05) is 19.3 Å². The van der Waals surface area contributed by atoms with Crippen molar-refractivity contribution in [3.8, 4) is 0 Å². The molecule has 3 N–H and O–H groups in total. The van der Waals surface area contributed by atoms with Gasteiger partial charge in [0.2, 0.25) is 17.2 Å². The molecule has 2 rings (SSSR count). The van der Waals surface area contributed by atoms with E-state index in [-0.39, 0.29) is 16.0 Å². The number of nitrogens with one attached hydrogen (secondary N) is 1. The summed E-state index contributed by atoms with van der Waals surface area (Å²) in [5.41, 5.74) is 5.54. The molecule has 1 aliphatic rings. The molecule has 0 saturated heterocycles. The van der Waals surface area contributed by atoms with Gasteiger partial charge < -0.3 is 11.1 Å². The molecule has 1 aliphatic carbocycles. The Balaban J connectivity index is 2.00. The SMILES string of the molecule is CSC1(CNc2nc(N)nc(Cl)n2)CCCCC1. The summed E-state index contributed by atoms with van der Waals surface area (Å²) >= 11 is 7.68. The topological polar surface area (TPSA) is 76.7 Å². The van der Waals surface area contributed by atoms with Crippen molar-refractivity contribution < 1.29 is 0 Å². The van der Waals surface area contributed by atoms with E-state index in [0.29, 0.717) is 5.95 Å². The first kappa shape index (κ1) is 13.7. The van der Waals surface area contributed by atoms with Gasteiger partial charge in [0.05, 0.1) is 0 Å². The monoisotopic (exact) mass is 287 g/mol. The van der Waals surface area contributed by atoms with E-state index in [1.165, 1.54) is 32.1 Å². The standard InChI is InChI=1S/C11H18ClN5S/c1-18-11(5-3-2-4-6-11)7-14-10-16-8(12)15-9(13)17-10/h2-7H2,1H3,(H3,13,14,15,16,17). The Morgan fingerprint density at radius 3 is 2.61 bits per heavy atom. The number of aromatic nitrogens is 3. The maximum Gasteiger partial charge on any atom is 0.228 e. The smallest absolute Gasteiger partial charge is 0.228 e. The van der Waals surface area contributed by atoms with E-state index >= 15 is 0 Å². The van der Waals surface area contributed by atoms with Crippen molar-refractivity contribution in [2.45, 2.75) is 36.9 Å². The minimum atomic E-state index is 0.131. The summed E-state index contributed by atoms with van der Waals surface area (Å²) < 4.78 is 0.284. The van der Waals surface area contributed by atoms with Crippen LogP contribution in [-0.2, 0) is 0 Å². The number of nitrogens with zero attached hydrogens (tertiary/aromatic N) is 3. The van der Waals surface area contributed by atoms with Gasteiger partial charge in [0.15, 0.2) is 0 Å². The first-order valence-electron chi connectivity index (χ1n) is 6.10. The van der Waals surface area contributed by atoms with Gasteiger partial charge >= 0.3 is 0 Å². The normalized spacial score (nSPS) is 18.6. The first-order valence-corrected chi connectivity index (χ1v) is 7.70. The Morgan fingerprint density at radius 1 is 1.28 bits per heavy atom. The van der Waals surface area contributed by atoms with Crippen LogP contribution >= 0.6 is 23.4 Å². The molecule has 0 unspecified atom stereocenters. The maximum atomic E-state index is 5.75. The zero-order valence-electron chi connectivity index (χ0n) is 10.4. The minimum absolute atomic E-state index is 0.131. The lowest BCUT2D eigenvalue weighted by molar-refractivity contribution is 0.411. The summed E-state index contributed by atoms with van der Waals surface area (Å²) in [5.74, 6) is 0.617. The molecule has 1 aromatic rings. The summed E-state index contributed by atoms with van der Waals surface area (Å²) in [5, 5.41) is 3.37. The fourth-order valence-electron chi connectivity index (χ4n) is 2.33. The molecule has 0 spiro atoms. The van der Waals surface area contributed by atoms with Crippen molar-refractivity contribution >= 4 is 35.3 Å². The molecule has 0 amide bonds. The van der Waals surface area contributed by atoms with Crippen molar-refractivity contribution in [2.24, 2.45) is 0 Å². The lowest BCUT2D eigenvalue weighted by atomic mass is 9.88. The van der Waals surface area contributed by atoms with Gasteiger partial charge in [0.25, 0.3) is 0 Å². The minimum Gasteiger partial charge on any atom is -0.368 e. The third kappa shape index (κ3) is 3.38. The first-order chi connectivity index (χ1) is 8.63. The summed E-state index contributed by atoms with van der Waals surface area (Å²) in [6, 6.07) is 0. The fraction of sp³-hybridized carbons (Fsp3) is 0.727. The molecule has 18 heavy (non-hydrogen) atoms. The number of anilines is 2. The van der Waals surface area contributed by atoms with E-state index in [1.54, 1.807) is 0 Å². The molecule has 0 aliphatic heterocycles. The van der Waals surface area contributed by atoms with Crippen molar-refractivity contribution in [2.75, 3.05) is 23.9 Å². The van der Waals surface area contributed by atoms with Gasteiger partial charge in [-0.05, 0) is 30.7 Å². The predicted molar refractivity (Wildman–Crippen MR) is 77.1 cm³/mol. The summed E-state index contributed by atoms with van der Waals surface area (Å²) in [6.45, 7) is 0.841. The number of rotatable bonds is 4. The van der Waals surface area contributed by atoms with Crippen LogP contribution in [0.15, 0.2) is 0 Å². The second-order valence-electron chi connectivity index (χ2n) is 4.59. The molecular weight excluding hydrogens is 270 g/mol. The highest BCUT2D eigenvalue weighted by molar-refractivity contribution is 8.00. The highest BCUT2D eigenvalue weighted by Crippen LogP contribution is 2.38. The molecule has 100 valence electrons. The molecule has 1 saturated carbocycles. The number of hydrogen-bond donors (Lipinski definition) is 2. The number of nitrogen functional groups attached to an aromatic ring is 1. The molecule has 0 bridgehead atoms. The van der Waals surface area contributed by atoms with E-state index in [4.69, 9.17) is 17.3 Å². The van der Waals surface area contributed by atoms with Crippen molar-refractivity contribution in [3.63, 3.8) is 0 Å². The quantitative estimate of drug-likeness (QED) is 0.886. The van der Waals surface area contributed by atoms with E-state index < -0.39 is 0 Å². The third-order valence-corrected chi connectivity index (χ3v) is 4.98. The summed E-state index contributed by atoms with van der Waals surface area (Å²) in [6.07, 6.45) is 8.56. The number of halogens is 1. The van der Waals surface area contributed by atoms with Crippen LogP contribution in [-0.4, -0.2) is 32.5 Å². The van der Waals surface area contributed by atoms with Crippen LogP contribution in [0.3, 0.4) is 0 Å². The van der Waals surface area contributed by atoms with Gasteiger partial charge in [0, 0.05) is 11.3 Å². The Kier molecular flexibility index (Phi) is 4.50. The largest absolute Gasteiger partial charge is 0.368 e. The predicted octanol–water partition coefficient (Wildman–Crippen LogP) is 2.59. The Labute approximate surface area is 116 Å². The van der Waals surface area contributed by atoms with Crippen LogP contribution in [0.5, 0.6) is 0 Å². The number of thioether (sulfide) groups is 1. The van der Waals surface area contributed by atoms with Crippen molar-refractivity contribution in [1.29, 1.82) is 0 Å². The molecule has 1 fully saturated rings. The van der Waals surface area contributed by atoms with E-state index in [2.05, 4.69) is 26.5 Å². The molecule has 7 heteroatoms. The Hall–Kier alpha value is -0.750. The molecular formula is C11H18ClN5S. The summed E-state index contributed by atoms with van der Waals surface area (Å²) in [7, 11) is 0. The van der Waals surface area contributed by atoms with E-state index in [1.807, 2.05) is 11.8 Å². The van der Waals surface area contributed by atoms with Gasteiger partial charge in [-0.25, -0.2) is 0 Å². The average Bonchev–Trinajstić information content (AvgIpc) is 2.36. The molecule has 1 heterocycles. The Bertz CT molecular complexity index is 388. The maximum absolute atomic E-state index is 5.75. The van der Waals surface area contributed by atoms with Crippen LogP contribution in [0.1, 0.15) is 32.1 Å². The van der Waals surface area contributed by atoms with Gasteiger partial charge in [-0.3, -0.25) is 0 Å². The van der Waals surface area contributed by atoms with Gasteiger partial charge in [-0.2, -0.15) is 26.7 Å². The van der Waals surface area contributed by atoms with Crippen LogP contribution in [0.2, 0.25) is 5.28 Å². The number of nitrogens with two attached hydrogens (primary N) is 1. The second kappa shape index (κ2) is 5.93. The second-order valence-corrected chi connectivity index (χ2v) is 6.20. The Morgan fingerprint density at radius 2 is 2.00 bits per heavy atom. The number of hydrogen-bond acceptors (Lipinski definition) is 6.